The first-order chi connectivity index (χ1) is 4.26. The Morgan fingerprint density at radius 1 is 1.78 bits per heavy atom. The molecule has 0 saturated carbocycles. The van der Waals surface area contributed by atoms with Gasteiger partial charge in [0.15, 0.2) is 0 Å². The van der Waals surface area contributed by atoms with Gasteiger partial charge in [0.1, 0.15) is 0 Å². The van der Waals surface area contributed by atoms with E-state index >= 15 is 0 Å². The molecule has 0 aromatic heterocycles. The van der Waals surface area contributed by atoms with Crippen LogP contribution in [-0.4, -0.2) is 16.6 Å². The van der Waals surface area contributed by atoms with Gasteiger partial charge in [-0.15, -0.1) is 0 Å². The van der Waals surface area contributed by atoms with Crippen LogP contribution in [-0.2, 0) is 24.1 Å². The Bertz CT molecular complexity index is 149. The van der Waals surface area contributed by atoms with Crippen LogP contribution in [0.5, 0.6) is 0 Å². The molecule has 0 bridgehead atoms. The second kappa shape index (κ2) is 4.51. The number of aliphatic hydroxyl groups excluding tert-OH is 1. The van der Waals surface area contributed by atoms with Crippen LogP contribution in [0.2, 0.25) is 0 Å². The van der Waals surface area contributed by atoms with Crippen LogP contribution in [0.4, 0.5) is 0 Å². The molecule has 1 N–H and O–H groups in total. The van der Waals surface area contributed by atoms with Gasteiger partial charge in [0.05, 0.1) is 0 Å². The van der Waals surface area contributed by atoms with Gasteiger partial charge in [0.2, 0.25) is 0 Å². The van der Waals surface area contributed by atoms with Crippen molar-refractivity contribution in [2.45, 2.75) is 0 Å². The summed E-state index contributed by atoms with van der Waals surface area (Å²) in [6.07, 6.45) is 1.47. The Labute approximate surface area is 65.2 Å². The van der Waals surface area contributed by atoms with E-state index < -0.39 is 0 Å². The molecule has 0 aliphatic rings. The number of ether oxygens (including phenoxy) is 1. The van der Waals surface area contributed by atoms with E-state index in [4.69, 9.17) is 9.84 Å². The van der Waals surface area contributed by atoms with Gasteiger partial charge in [0.25, 0.3) is 0 Å². The third-order valence-electron chi connectivity index (χ3n) is 0.769. The van der Waals surface area contributed by atoms with Crippen LogP contribution in [0.3, 0.4) is 0 Å². The van der Waals surface area contributed by atoms with Crippen molar-refractivity contribution in [3.8, 4) is 0 Å². The topological polar surface area (TPSA) is 29.5 Å². The van der Waals surface area contributed by atoms with Crippen molar-refractivity contribution >= 4 is 4.40 Å². The van der Waals surface area contributed by atoms with E-state index in [0.29, 0.717) is 5.76 Å². The van der Waals surface area contributed by atoms with E-state index in [0.717, 1.165) is 0 Å². The molecule has 50 valence electrons. The quantitative estimate of drug-likeness (QED) is 0.620. The molecule has 3 heteroatoms. The van der Waals surface area contributed by atoms with Crippen molar-refractivity contribution in [1.82, 2.24) is 0 Å². The predicted octanol–water partition coefficient (Wildman–Crippen LogP) is 0.937. The molecular weight excluding hydrogens is 288 g/mol. The van der Waals surface area contributed by atoms with Gasteiger partial charge in [-0.1, -0.05) is 0 Å². The van der Waals surface area contributed by atoms with E-state index in [1.807, 2.05) is 0 Å². The SMILES string of the molecule is C=CC(OC)=C(O)[CH]=[W]. The summed E-state index contributed by atoms with van der Waals surface area (Å²) in [5, 5.41) is 8.97. The first-order valence-corrected chi connectivity index (χ1v) is 4.00. The summed E-state index contributed by atoms with van der Waals surface area (Å²) in [4.78, 5) is 0. The fraction of sp³-hybridized carbons (Fsp3) is 0.167. The molecule has 0 spiro atoms. The molecule has 0 fully saturated rings. The molecule has 0 rings (SSSR count). The van der Waals surface area contributed by atoms with Gasteiger partial charge in [0, 0.05) is 0 Å². The standard InChI is InChI=1S/C6H8O2.W/c1-4-6(8-3)5(2)7;/h2,4,7H,1H2,3H3;. The van der Waals surface area contributed by atoms with Gasteiger partial charge < -0.3 is 0 Å². The van der Waals surface area contributed by atoms with Crippen LogP contribution in [0.25, 0.3) is 0 Å². The zero-order valence-electron chi connectivity index (χ0n) is 5.13. The zero-order chi connectivity index (χ0) is 7.28. The number of hydrogen-bond donors (Lipinski definition) is 1. The van der Waals surface area contributed by atoms with Gasteiger partial charge >= 0.3 is 64.9 Å². The normalized spacial score (nSPS) is 11.7. The van der Waals surface area contributed by atoms with Gasteiger partial charge in [-0.2, -0.15) is 0 Å². The van der Waals surface area contributed by atoms with Crippen LogP contribution < -0.4 is 0 Å². The van der Waals surface area contributed by atoms with Crippen molar-refractivity contribution in [3.05, 3.63) is 24.2 Å². The summed E-state index contributed by atoms with van der Waals surface area (Å²) in [6.45, 7) is 3.45. The first-order valence-electron chi connectivity index (χ1n) is 2.31. The van der Waals surface area contributed by atoms with Crippen molar-refractivity contribution in [2.24, 2.45) is 0 Å². The Morgan fingerprint density at radius 2 is 2.33 bits per heavy atom. The molecule has 0 aromatic carbocycles. The van der Waals surface area contributed by atoms with E-state index in [2.05, 4.69) is 6.58 Å². The monoisotopic (exact) mass is 296 g/mol. The van der Waals surface area contributed by atoms with E-state index in [1.165, 1.54) is 32.5 Å². The van der Waals surface area contributed by atoms with Gasteiger partial charge in [-0.25, -0.2) is 0 Å². The third-order valence-corrected chi connectivity index (χ3v) is 1.57. The number of allylic oxidation sites excluding steroid dienone is 2. The molecule has 0 aromatic rings. The first kappa shape index (κ1) is 8.64. The Balaban J connectivity index is 4.36. The van der Waals surface area contributed by atoms with Crippen molar-refractivity contribution in [3.63, 3.8) is 0 Å². The van der Waals surface area contributed by atoms with E-state index in [9.17, 15) is 0 Å². The summed E-state index contributed by atoms with van der Waals surface area (Å²) in [5.74, 6) is 0.576. The average molecular weight is 296 g/mol. The fourth-order valence-electron chi connectivity index (χ4n) is 0.351. The summed E-state index contributed by atoms with van der Waals surface area (Å²) in [7, 11) is 1.49. The predicted molar refractivity (Wildman–Crippen MR) is 32.9 cm³/mol. The van der Waals surface area contributed by atoms with Gasteiger partial charge in [-0.3, -0.25) is 0 Å². The zero-order valence-corrected chi connectivity index (χ0v) is 8.06. The minimum atomic E-state index is 0.155. The molecule has 0 heterocycles. The van der Waals surface area contributed by atoms with Crippen LogP contribution in [0.15, 0.2) is 24.2 Å². The molecule has 9 heavy (non-hydrogen) atoms. The molecule has 2 nitrogen and oxygen atoms in total. The Hall–Kier alpha value is -0.362. The summed E-state index contributed by atoms with van der Waals surface area (Å²) in [6, 6.07) is 0. The van der Waals surface area contributed by atoms with Gasteiger partial charge in [-0.05, 0) is 0 Å². The van der Waals surface area contributed by atoms with Crippen molar-refractivity contribution in [2.75, 3.05) is 7.11 Å². The third kappa shape index (κ3) is 2.61. The number of hydrogen-bond acceptors (Lipinski definition) is 2. The molecule has 0 aliphatic heterocycles. The molecule has 0 radical (unpaired) electrons. The summed E-state index contributed by atoms with van der Waals surface area (Å²) >= 11 is 1.18. The maximum absolute atomic E-state index is 8.97. The van der Waals surface area contributed by atoms with E-state index in [-0.39, 0.29) is 5.76 Å². The van der Waals surface area contributed by atoms with Crippen LogP contribution >= 0.6 is 0 Å². The summed E-state index contributed by atoms with van der Waals surface area (Å²) < 4.78 is 6.37. The second-order valence-corrected chi connectivity index (χ2v) is 2.12. The molecule has 0 saturated heterocycles. The van der Waals surface area contributed by atoms with Crippen LogP contribution in [0, 0.1) is 0 Å². The minimum absolute atomic E-state index is 0.155. The van der Waals surface area contributed by atoms with Crippen molar-refractivity contribution in [1.29, 1.82) is 0 Å². The van der Waals surface area contributed by atoms with Crippen LogP contribution in [0.1, 0.15) is 0 Å². The fourth-order valence-corrected chi connectivity index (χ4v) is 0.768. The Morgan fingerprint density at radius 3 is 2.44 bits per heavy atom. The van der Waals surface area contributed by atoms with E-state index in [1.54, 1.807) is 4.40 Å². The molecule has 0 aliphatic carbocycles. The number of aliphatic hydroxyl groups is 1. The molecule has 0 atom stereocenters. The molecule has 0 unspecified atom stereocenters. The molecule has 0 amide bonds. The number of rotatable bonds is 3. The molecular formula is C6H8O2W. The average Bonchev–Trinajstić information content (AvgIpc) is 1.90. The summed E-state index contributed by atoms with van der Waals surface area (Å²) in [5.41, 5.74) is 0. The number of methoxy groups -OCH3 is 1. The second-order valence-electron chi connectivity index (χ2n) is 1.28. The Kier molecular flexibility index (Phi) is 4.33. The maximum atomic E-state index is 8.97. The van der Waals surface area contributed by atoms with Crippen molar-refractivity contribution < 1.29 is 29.2 Å².